The highest BCUT2D eigenvalue weighted by Crippen LogP contribution is 2.30. The van der Waals surface area contributed by atoms with Crippen LogP contribution in [-0.4, -0.2) is 31.8 Å². The maximum Gasteiger partial charge on any atom is 0.345 e. The molecule has 0 heterocycles. The molecule has 204 valence electrons. The second kappa shape index (κ2) is 14.0. The van der Waals surface area contributed by atoms with E-state index >= 15 is 0 Å². The number of halogens is 2. The predicted molar refractivity (Wildman–Crippen MR) is 153 cm³/mol. The molecule has 0 saturated carbocycles. The monoisotopic (exact) mass is 578 g/mol. The SMILES string of the molecule is COc1cc(/C=N/NC(=O)COc2ccc(OCc3ccccc3)cc2)ccc1OC(=O)c1ccc(Cl)cc1Cl. The third-order valence-corrected chi connectivity index (χ3v) is 5.93. The van der Waals surface area contributed by atoms with Gasteiger partial charge in [0.1, 0.15) is 18.1 Å². The number of carbonyl (C=O) groups excluding carboxylic acids is 2. The van der Waals surface area contributed by atoms with Crippen LogP contribution in [0, 0.1) is 0 Å². The zero-order valence-corrected chi connectivity index (χ0v) is 22.8. The van der Waals surface area contributed by atoms with E-state index in [1.54, 1.807) is 48.5 Å². The molecule has 0 aliphatic rings. The second-order valence-corrected chi connectivity index (χ2v) is 9.10. The Morgan fingerprint density at radius 3 is 2.27 bits per heavy atom. The molecule has 0 spiro atoms. The average molecular weight is 579 g/mol. The lowest BCUT2D eigenvalue weighted by molar-refractivity contribution is -0.123. The van der Waals surface area contributed by atoms with E-state index in [1.165, 1.54) is 25.5 Å². The van der Waals surface area contributed by atoms with Gasteiger partial charge in [-0.05, 0) is 71.8 Å². The van der Waals surface area contributed by atoms with E-state index < -0.39 is 11.9 Å². The molecular weight excluding hydrogens is 555 g/mol. The number of hydrogen-bond donors (Lipinski definition) is 1. The molecular formula is C30H24Cl2N2O6. The largest absolute Gasteiger partial charge is 0.493 e. The van der Waals surface area contributed by atoms with Crippen molar-refractivity contribution >= 4 is 41.3 Å². The van der Waals surface area contributed by atoms with E-state index in [0.29, 0.717) is 28.7 Å². The zero-order chi connectivity index (χ0) is 28.3. The van der Waals surface area contributed by atoms with Crippen LogP contribution < -0.4 is 24.4 Å². The van der Waals surface area contributed by atoms with Gasteiger partial charge in [-0.2, -0.15) is 5.10 Å². The van der Waals surface area contributed by atoms with Crippen molar-refractivity contribution in [3.63, 3.8) is 0 Å². The van der Waals surface area contributed by atoms with E-state index in [-0.39, 0.29) is 28.7 Å². The predicted octanol–water partition coefficient (Wildman–Crippen LogP) is 6.33. The molecule has 4 aromatic carbocycles. The van der Waals surface area contributed by atoms with Crippen LogP contribution in [0.1, 0.15) is 21.5 Å². The van der Waals surface area contributed by atoms with Gasteiger partial charge in [0.05, 0.1) is 23.9 Å². The van der Waals surface area contributed by atoms with Crippen molar-refractivity contribution in [3.8, 4) is 23.0 Å². The number of benzene rings is 4. The van der Waals surface area contributed by atoms with E-state index in [2.05, 4.69) is 10.5 Å². The number of carbonyl (C=O) groups is 2. The van der Waals surface area contributed by atoms with E-state index in [9.17, 15) is 9.59 Å². The molecule has 1 amide bonds. The standard InChI is InChI=1S/C30H24Cl2N2O6/c1-37-28-15-21(7-14-27(28)40-30(36)25-13-8-22(31)16-26(25)32)17-33-34-29(35)19-39-24-11-9-23(10-12-24)38-18-20-5-3-2-4-6-20/h2-17H,18-19H2,1H3,(H,34,35)/b33-17+. The first-order valence-electron chi connectivity index (χ1n) is 12.0. The Kier molecular flexibility index (Phi) is 9.99. The minimum Gasteiger partial charge on any atom is -0.493 e. The van der Waals surface area contributed by atoms with Crippen LogP contribution in [0.3, 0.4) is 0 Å². The van der Waals surface area contributed by atoms with Gasteiger partial charge in [-0.25, -0.2) is 10.2 Å². The summed E-state index contributed by atoms with van der Waals surface area (Å²) in [6, 6.07) is 26.1. The van der Waals surface area contributed by atoms with Crippen molar-refractivity contribution in [1.29, 1.82) is 0 Å². The number of rotatable bonds is 11. The maximum atomic E-state index is 12.5. The lowest BCUT2D eigenvalue weighted by Gasteiger charge is -2.11. The van der Waals surface area contributed by atoms with Crippen LogP contribution >= 0.6 is 23.2 Å². The van der Waals surface area contributed by atoms with Gasteiger partial charge in [-0.1, -0.05) is 53.5 Å². The van der Waals surface area contributed by atoms with Crippen LogP contribution in [0.25, 0.3) is 0 Å². The number of amides is 1. The molecule has 0 saturated heterocycles. The highest BCUT2D eigenvalue weighted by atomic mass is 35.5. The summed E-state index contributed by atoms with van der Waals surface area (Å²) in [5.74, 6) is 0.565. The van der Waals surface area contributed by atoms with Gasteiger partial charge in [0.25, 0.3) is 5.91 Å². The molecule has 0 aliphatic carbocycles. The minimum atomic E-state index is -0.664. The fourth-order valence-corrected chi connectivity index (χ4v) is 3.88. The molecule has 4 aromatic rings. The Bertz CT molecular complexity index is 1490. The number of esters is 1. The normalized spacial score (nSPS) is 10.7. The summed E-state index contributed by atoms with van der Waals surface area (Å²) in [7, 11) is 1.43. The zero-order valence-electron chi connectivity index (χ0n) is 21.3. The second-order valence-electron chi connectivity index (χ2n) is 8.25. The van der Waals surface area contributed by atoms with Gasteiger partial charge in [-0.15, -0.1) is 0 Å². The molecule has 40 heavy (non-hydrogen) atoms. The molecule has 0 radical (unpaired) electrons. The van der Waals surface area contributed by atoms with Gasteiger partial charge < -0.3 is 18.9 Å². The van der Waals surface area contributed by atoms with Crippen molar-refractivity contribution in [1.82, 2.24) is 5.43 Å². The van der Waals surface area contributed by atoms with Crippen LogP contribution in [0.2, 0.25) is 10.0 Å². The fraction of sp³-hybridized carbons (Fsp3) is 0.100. The maximum absolute atomic E-state index is 12.5. The smallest absolute Gasteiger partial charge is 0.345 e. The average Bonchev–Trinajstić information content (AvgIpc) is 2.96. The summed E-state index contributed by atoms with van der Waals surface area (Å²) in [5, 5.41) is 4.51. The first-order chi connectivity index (χ1) is 19.4. The Hall–Kier alpha value is -4.53. The Labute approximate surface area is 241 Å². The van der Waals surface area contributed by atoms with E-state index in [0.717, 1.165) is 5.56 Å². The van der Waals surface area contributed by atoms with Crippen LogP contribution in [0.5, 0.6) is 23.0 Å². The number of hydrogen-bond acceptors (Lipinski definition) is 7. The summed E-state index contributed by atoms with van der Waals surface area (Å²) >= 11 is 12.0. The topological polar surface area (TPSA) is 95.5 Å². The lowest BCUT2D eigenvalue weighted by atomic mass is 10.2. The molecule has 0 unspecified atom stereocenters. The number of nitrogens with zero attached hydrogens (tertiary/aromatic N) is 1. The van der Waals surface area contributed by atoms with Gasteiger partial charge in [-0.3, -0.25) is 4.79 Å². The molecule has 10 heteroatoms. The third-order valence-electron chi connectivity index (χ3n) is 5.39. The molecule has 0 aliphatic heterocycles. The van der Waals surface area contributed by atoms with Crippen LogP contribution in [0.4, 0.5) is 0 Å². The van der Waals surface area contributed by atoms with Gasteiger partial charge in [0.15, 0.2) is 18.1 Å². The fourth-order valence-electron chi connectivity index (χ4n) is 3.39. The molecule has 0 bridgehead atoms. The van der Waals surface area contributed by atoms with Crippen molar-refractivity contribution in [3.05, 3.63) is 118 Å². The Balaban J connectivity index is 1.25. The molecule has 1 N–H and O–H groups in total. The summed E-state index contributed by atoms with van der Waals surface area (Å²) in [4.78, 5) is 24.7. The number of methoxy groups -OCH3 is 1. The van der Waals surface area contributed by atoms with Crippen molar-refractivity contribution in [2.75, 3.05) is 13.7 Å². The summed E-state index contributed by atoms with van der Waals surface area (Å²) in [6.07, 6.45) is 1.42. The van der Waals surface area contributed by atoms with Crippen molar-refractivity contribution < 1.29 is 28.5 Å². The van der Waals surface area contributed by atoms with Gasteiger partial charge >= 0.3 is 5.97 Å². The van der Waals surface area contributed by atoms with Crippen LogP contribution in [0.15, 0.2) is 96.1 Å². The molecule has 4 rings (SSSR count). The van der Waals surface area contributed by atoms with Crippen molar-refractivity contribution in [2.45, 2.75) is 6.61 Å². The Morgan fingerprint density at radius 1 is 0.850 bits per heavy atom. The first-order valence-corrected chi connectivity index (χ1v) is 12.7. The van der Waals surface area contributed by atoms with E-state index in [4.69, 9.17) is 42.1 Å². The van der Waals surface area contributed by atoms with Crippen molar-refractivity contribution in [2.24, 2.45) is 5.10 Å². The highest BCUT2D eigenvalue weighted by Gasteiger charge is 2.16. The van der Waals surface area contributed by atoms with E-state index in [1.807, 2.05) is 30.3 Å². The first kappa shape index (κ1) is 28.5. The molecule has 0 aromatic heterocycles. The lowest BCUT2D eigenvalue weighted by Crippen LogP contribution is -2.24. The number of hydrazone groups is 1. The van der Waals surface area contributed by atoms with Gasteiger partial charge in [0.2, 0.25) is 0 Å². The number of ether oxygens (including phenoxy) is 4. The van der Waals surface area contributed by atoms with Gasteiger partial charge in [0, 0.05) is 5.02 Å². The molecule has 8 nitrogen and oxygen atoms in total. The highest BCUT2D eigenvalue weighted by molar-refractivity contribution is 6.36. The molecule has 0 fully saturated rings. The third kappa shape index (κ3) is 8.23. The Morgan fingerprint density at radius 2 is 1.57 bits per heavy atom. The quantitative estimate of drug-likeness (QED) is 0.0966. The summed E-state index contributed by atoms with van der Waals surface area (Å²) < 4.78 is 22.0. The summed E-state index contributed by atoms with van der Waals surface area (Å²) in [6.45, 7) is 0.229. The summed E-state index contributed by atoms with van der Waals surface area (Å²) in [5.41, 5.74) is 4.22. The molecule has 0 atom stereocenters. The minimum absolute atomic E-state index is 0.163. The number of nitrogens with one attached hydrogen (secondary N) is 1. The van der Waals surface area contributed by atoms with Crippen LogP contribution in [-0.2, 0) is 11.4 Å².